The molecule has 0 amide bonds. The Hall–Kier alpha value is -1.77. The number of carbonyl (C=O) groups is 1. The molecule has 0 aliphatic rings. The summed E-state index contributed by atoms with van der Waals surface area (Å²) in [5.74, 6) is -0.179. The zero-order chi connectivity index (χ0) is 15.8. The molecule has 0 spiro atoms. The van der Waals surface area contributed by atoms with E-state index in [9.17, 15) is 4.79 Å². The Morgan fingerprint density at radius 2 is 1.67 bits per heavy atom. The van der Waals surface area contributed by atoms with E-state index in [0.29, 0.717) is 19.6 Å². The van der Waals surface area contributed by atoms with Gasteiger partial charge in [-0.25, -0.2) is 4.79 Å². The SMILES string of the molecule is CCOC(Cc1ccc(OCc2ccccc2)cc1)C(=O)O.O.[LiH]. The first-order chi connectivity index (χ1) is 10.7. The summed E-state index contributed by atoms with van der Waals surface area (Å²) < 4.78 is 10.9. The Balaban J connectivity index is 0.00000264. The van der Waals surface area contributed by atoms with Crippen LogP contribution in [0.5, 0.6) is 5.75 Å². The Kier molecular flexibility index (Phi) is 10.9. The van der Waals surface area contributed by atoms with Gasteiger partial charge < -0.3 is 20.1 Å². The molecule has 0 aliphatic heterocycles. The molecule has 0 bridgehead atoms. The van der Waals surface area contributed by atoms with E-state index in [1.807, 2.05) is 54.6 Å². The van der Waals surface area contributed by atoms with E-state index in [2.05, 4.69) is 0 Å². The van der Waals surface area contributed by atoms with Gasteiger partial charge in [-0.15, -0.1) is 0 Å². The van der Waals surface area contributed by atoms with Gasteiger partial charge in [-0.1, -0.05) is 42.5 Å². The normalized spacial score (nSPS) is 10.9. The van der Waals surface area contributed by atoms with Crippen molar-refractivity contribution in [3.63, 3.8) is 0 Å². The number of ether oxygens (including phenoxy) is 2. The van der Waals surface area contributed by atoms with Gasteiger partial charge in [0, 0.05) is 13.0 Å². The number of aliphatic carboxylic acids is 1. The zero-order valence-electron chi connectivity index (χ0n) is 13.1. The molecule has 2 aromatic rings. The average molecular weight is 326 g/mol. The minimum atomic E-state index is -0.939. The average Bonchev–Trinajstić information content (AvgIpc) is 2.54. The second kappa shape index (κ2) is 11.7. The first-order valence-electron chi connectivity index (χ1n) is 7.29. The summed E-state index contributed by atoms with van der Waals surface area (Å²) in [6.45, 7) is 2.68. The summed E-state index contributed by atoms with van der Waals surface area (Å²) in [5.41, 5.74) is 2.02. The Morgan fingerprint density at radius 1 is 1.04 bits per heavy atom. The molecule has 5 nitrogen and oxygen atoms in total. The van der Waals surface area contributed by atoms with Crippen LogP contribution in [0.25, 0.3) is 0 Å². The number of rotatable bonds is 8. The Labute approximate surface area is 154 Å². The van der Waals surface area contributed by atoms with Crippen molar-refractivity contribution < 1.29 is 24.9 Å². The van der Waals surface area contributed by atoms with Crippen molar-refractivity contribution in [3.05, 3.63) is 65.7 Å². The molecule has 3 N–H and O–H groups in total. The summed E-state index contributed by atoms with van der Waals surface area (Å²) in [4.78, 5) is 11.1. The van der Waals surface area contributed by atoms with E-state index >= 15 is 0 Å². The molecule has 2 rings (SSSR count). The van der Waals surface area contributed by atoms with E-state index < -0.39 is 12.1 Å². The van der Waals surface area contributed by atoms with Crippen LogP contribution in [0.15, 0.2) is 54.6 Å². The molecule has 6 heteroatoms. The van der Waals surface area contributed by atoms with Gasteiger partial charge in [-0.3, -0.25) is 0 Å². The van der Waals surface area contributed by atoms with Gasteiger partial charge >= 0.3 is 24.8 Å². The van der Waals surface area contributed by atoms with Crippen molar-refractivity contribution in [1.29, 1.82) is 0 Å². The van der Waals surface area contributed by atoms with Crippen molar-refractivity contribution in [3.8, 4) is 5.75 Å². The second-order valence-corrected chi connectivity index (χ2v) is 4.90. The minimum absolute atomic E-state index is 0. The van der Waals surface area contributed by atoms with Crippen LogP contribution in [0.2, 0.25) is 0 Å². The topological polar surface area (TPSA) is 87.3 Å². The third-order valence-corrected chi connectivity index (χ3v) is 3.24. The molecule has 0 fully saturated rings. The van der Waals surface area contributed by atoms with Gasteiger partial charge in [-0.2, -0.15) is 0 Å². The molecule has 0 heterocycles. The molecule has 0 radical (unpaired) electrons. The number of hydrogen-bond donors (Lipinski definition) is 1. The van der Waals surface area contributed by atoms with Gasteiger partial charge in [0.1, 0.15) is 12.4 Å². The maximum absolute atomic E-state index is 11.1. The molecule has 0 saturated carbocycles. The molecular formula is C18H23LiO5. The predicted molar refractivity (Wildman–Crippen MR) is 94.7 cm³/mol. The van der Waals surface area contributed by atoms with Crippen molar-refractivity contribution in [2.24, 2.45) is 0 Å². The van der Waals surface area contributed by atoms with Crippen molar-refractivity contribution in [1.82, 2.24) is 0 Å². The number of benzene rings is 2. The Bertz CT molecular complexity index is 586. The van der Waals surface area contributed by atoms with Crippen LogP contribution in [0.4, 0.5) is 0 Å². The molecule has 0 saturated heterocycles. The standard InChI is InChI=1S/C18H20O4.Li.H2O.H/c1-2-21-17(18(19)20)12-14-8-10-16(11-9-14)22-13-15-6-4-3-5-7-15;;;/h3-11,17H,2,12-13H2,1H3,(H,19,20);;1H2;. The number of hydrogen-bond acceptors (Lipinski definition) is 3. The van der Waals surface area contributed by atoms with E-state index in [0.717, 1.165) is 16.9 Å². The monoisotopic (exact) mass is 326 g/mol. The predicted octanol–water partition coefficient (Wildman–Crippen LogP) is 1.82. The fraction of sp³-hybridized carbons (Fsp3) is 0.278. The van der Waals surface area contributed by atoms with E-state index in [-0.39, 0.29) is 24.3 Å². The second-order valence-electron chi connectivity index (χ2n) is 4.90. The van der Waals surface area contributed by atoms with Crippen LogP contribution in [0.1, 0.15) is 18.1 Å². The van der Waals surface area contributed by atoms with Crippen molar-refractivity contribution in [2.45, 2.75) is 26.1 Å². The summed E-state index contributed by atoms with van der Waals surface area (Å²) in [6.07, 6.45) is -0.455. The van der Waals surface area contributed by atoms with Gasteiger partial charge in [-0.05, 0) is 30.2 Å². The molecule has 2 aromatic carbocycles. The molecule has 1 atom stereocenters. The van der Waals surface area contributed by atoms with Crippen LogP contribution in [-0.4, -0.2) is 48.1 Å². The molecular weight excluding hydrogens is 303 g/mol. The summed E-state index contributed by atoms with van der Waals surface area (Å²) in [7, 11) is 0. The third-order valence-electron chi connectivity index (χ3n) is 3.24. The van der Waals surface area contributed by atoms with Crippen molar-refractivity contribution >= 4 is 24.8 Å². The van der Waals surface area contributed by atoms with E-state index in [1.165, 1.54) is 0 Å². The van der Waals surface area contributed by atoms with E-state index in [1.54, 1.807) is 6.92 Å². The maximum atomic E-state index is 11.1. The number of carboxylic acids is 1. The zero-order valence-corrected chi connectivity index (χ0v) is 13.1. The molecule has 0 aliphatic carbocycles. The summed E-state index contributed by atoms with van der Waals surface area (Å²) in [5, 5.41) is 9.08. The molecule has 24 heavy (non-hydrogen) atoms. The number of carboxylic acid groups (broad SMARTS) is 1. The molecule has 0 aromatic heterocycles. The summed E-state index contributed by atoms with van der Waals surface area (Å²) in [6, 6.07) is 17.4. The quantitative estimate of drug-likeness (QED) is 0.750. The Morgan fingerprint density at radius 3 is 2.21 bits per heavy atom. The van der Waals surface area contributed by atoms with E-state index in [4.69, 9.17) is 14.6 Å². The summed E-state index contributed by atoms with van der Waals surface area (Å²) >= 11 is 0. The van der Waals surface area contributed by atoms with Crippen LogP contribution in [-0.2, 0) is 22.6 Å². The van der Waals surface area contributed by atoms with Gasteiger partial charge in [0.2, 0.25) is 0 Å². The van der Waals surface area contributed by atoms with Crippen LogP contribution < -0.4 is 4.74 Å². The van der Waals surface area contributed by atoms with Crippen molar-refractivity contribution in [2.75, 3.05) is 6.61 Å². The molecule has 1 unspecified atom stereocenters. The fourth-order valence-corrected chi connectivity index (χ4v) is 2.10. The molecule has 126 valence electrons. The third kappa shape index (κ3) is 7.20. The van der Waals surface area contributed by atoms with Gasteiger partial charge in [0.25, 0.3) is 0 Å². The van der Waals surface area contributed by atoms with Crippen LogP contribution in [0.3, 0.4) is 0 Å². The van der Waals surface area contributed by atoms with Crippen LogP contribution in [0, 0.1) is 0 Å². The van der Waals surface area contributed by atoms with Gasteiger partial charge in [0.15, 0.2) is 6.10 Å². The fourth-order valence-electron chi connectivity index (χ4n) is 2.10. The first kappa shape index (κ1) is 22.2. The first-order valence-corrected chi connectivity index (χ1v) is 7.29. The van der Waals surface area contributed by atoms with Crippen LogP contribution >= 0.6 is 0 Å². The van der Waals surface area contributed by atoms with Gasteiger partial charge in [0.05, 0.1) is 0 Å².